The number of nitriles is 2. The van der Waals surface area contributed by atoms with E-state index in [1.165, 1.54) is 29.5 Å². The summed E-state index contributed by atoms with van der Waals surface area (Å²) in [6.07, 6.45) is 5.09. The van der Waals surface area contributed by atoms with Crippen LogP contribution < -0.4 is 5.32 Å². The molecule has 1 aromatic carbocycles. The fourth-order valence-electron chi connectivity index (χ4n) is 3.63. The van der Waals surface area contributed by atoms with Crippen LogP contribution in [-0.2, 0) is 17.6 Å². The summed E-state index contributed by atoms with van der Waals surface area (Å²) in [5.74, 6) is 0.0633. The number of non-ortho nitro benzene ring substituents is 1. The van der Waals surface area contributed by atoms with E-state index in [9.17, 15) is 25.4 Å². The van der Waals surface area contributed by atoms with Crippen LogP contribution in [0.2, 0.25) is 0 Å². The van der Waals surface area contributed by atoms with Gasteiger partial charge in [-0.2, -0.15) is 10.5 Å². The first kappa shape index (κ1) is 22.5. The van der Waals surface area contributed by atoms with Crippen molar-refractivity contribution in [2.75, 3.05) is 5.32 Å². The number of fused-ring (bicyclic) bond motifs is 1. The van der Waals surface area contributed by atoms with E-state index >= 15 is 0 Å². The van der Waals surface area contributed by atoms with Crippen molar-refractivity contribution in [3.63, 3.8) is 0 Å². The lowest BCUT2D eigenvalue weighted by Gasteiger charge is -2.09. The third kappa shape index (κ3) is 4.58. The number of rotatable bonds is 5. The van der Waals surface area contributed by atoms with Crippen molar-refractivity contribution in [2.45, 2.75) is 25.7 Å². The monoisotopic (exact) mass is 522 g/mol. The summed E-state index contributed by atoms with van der Waals surface area (Å²) in [6, 6.07) is 11.6. The largest absolute Gasteiger partial charge is 0.457 e. The third-order valence-corrected chi connectivity index (χ3v) is 7.08. The maximum Gasteiger partial charge on any atom is 0.270 e. The number of hydrogen-bond acceptors (Lipinski definition) is 7. The number of nitrogens with zero attached hydrogens (tertiary/aromatic N) is 3. The number of benzene rings is 1. The summed E-state index contributed by atoms with van der Waals surface area (Å²) < 4.78 is 6.22. The van der Waals surface area contributed by atoms with Crippen molar-refractivity contribution in [2.24, 2.45) is 0 Å². The molecule has 1 aliphatic rings. The minimum absolute atomic E-state index is 0.0623. The molecule has 1 N–H and O–H groups in total. The van der Waals surface area contributed by atoms with Crippen molar-refractivity contribution in [1.29, 1.82) is 10.5 Å². The smallest absolute Gasteiger partial charge is 0.270 e. The van der Waals surface area contributed by atoms with Gasteiger partial charge in [-0.25, -0.2) is 0 Å². The Labute approximate surface area is 201 Å². The summed E-state index contributed by atoms with van der Waals surface area (Å²) in [6.45, 7) is 0. The van der Waals surface area contributed by atoms with E-state index in [4.69, 9.17) is 4.42 Å². The van der Waals surface area contributed by atoms with E-state index in [0.29, 0.717) is 26.4 Å². The second-order valence-corrected chi connectivity index (χ2v) is 9.23. The Hall–Kier alpha value is -3.73. The van der Waals surface area contributed by atoms with Gasteiger partial charge in [0.25, 0.3) is 11.6 Å². The zero-order valence-electron chi connectivity index (χ0n) is 17.1. The molecule has 0 radical (unpaired) electrons. The number of aryl methyl sites for hydroxylation is 1. The van der Waals surface area contributed by atoms with Gasteiger partial charge in [0.15, 0.2) is 0 Å². The van der Waals surface area contributed by atoms with Gasteiger partial charge < -0.3 is 9.73 Å². The highest BCUT2D eigenvalue weighted by Gasteiger charge is 2.23. The highest BCUT2D eigenvalue weighted by Crippen LogP contribution is 2.38. The van der Waals surface area contributed by atoms with Gasteiger partial charge >= 0.3 is 0 Å². The molecule has 1 aliphatic carbocycles. The lowest BCUT2D eigenvalue weighted by Crippen LogP contribution is -2.13. The lowest BCUT2D eigenvalue weighted by atomic mass is 9.96. The average Bonchev–Trinajstić information content (AvgIpc) is 3.40. The summed E-state index contributed by atoms with van der Waals surface area (Å²) in [5, 5.41) is 33.2. The molecule has 2 aromatic heterocycles. The first-order chi connectivity index (χ1) is 15.9. The van der Waals surface area contributed by atoms with Crippen LogP contribution in [0.15, 0.2) is 44.8 Å². The number of nitro benzene ring substituents is 1. The molecule has 0 aliphatic heterocycles. The topological polar surface area (TPSA) is 133 Å². The Kier molecular flexibility index (Phi) is 6.40. The van der Waals surface area contributed by atoms with E-state index in [-0.39, 0.29) is 17.0 Å². The molecular formula is C23H15BrN4O4S. The van der Waals surface area contributed by atoms with Gasteiger partial charge in [0.1, 0.15) is 34.2 Å². The molecule has 8 nitrogen and oxygen atoms in total. The second-order valence-electron chi connectivity index (χ2n) is 7.27. The predicted molar refractivity (Wildman–Crippen MR) is 126 cm³/mol. The number of carbonyl (C=O) groups excluding carboxylic acids is 1. The van der Waals surface area contributed by atoms with E-state index in [1.807, 2.05) is 6.07 Å². The lowest BCUT2D eigenvalue weighted by molar-refractivity contribution is -0.384. The predicted octanol–water partition coefficient (Wildman–Crippen LogP) is 5.97. The molecule has 33 heavy (non-hydrogen) atoms. The molecule has 0 saturated carbocycles. The molecule has 4 rings (SSSR count). The molecule has 10 heteroatoms. The fourth-order valence-corrected chi connectivity index (χ4v) is 5.42. The average molecular weight is 523 g/mol. The quantitative estimate of drug-likeness (QED) is 0.189. The van der Waals surface area contributed by atoms with Crippen molar-refractivity contribution in [3.05, 3.63) is 72.3 Å². The van der Waals surface area contributed by atoms with Crippen LogP contribution in [0.1, 0.15) is 34.6 Å². The number of anilines is 1. The number of halogens is 1. The number of nitro groups is 1. The van der Waals surface area contributed by atoms with Crippen LogP contribution in [-0.4, -0.2) is 10.8 Å². The van der Waals surface area contributed by atoms with E-state index in [1.54, 1.807) is 18.2 Å². The van der Waals surface area contributed by atoms with Crippen LogP contribution in [0.25, 0.3) is 17.4 Å². The van der Waals surface area contributed by atoms with Gasteiger partial charge in [-0.3, -0.25) is 14.9 Å². The number of hydrogen-bond donors (Lipinski definition) is 1. The van der Waals surface area contributed by atoms with Crippen LogP contribution >= 0.6 is 27.3 Å². The molecule has 0 unspecified atom stereocenters. The summed E-state index contributed by atoms with van der Waals surface area (Å²) >= 11 is 4.69. The van der Waals surface area contributed by atoms with Crippen molar-refractivity contribution >= 4 is 49.9 Å². The highest BCUT2D eigenvalue weighted by atomic mass is 79.9. The van der Waals surface area contributed by atoms with Crippen molar-refractivity contribution in [3.8, 4) is 23.5 Å². The molecular weight excluding hydrogens is 508 g/mol. The molecule has 0 fully saturated rings. The van der Waals surface area contributed by atoms with Crippen LogP contribution in [0.3, 0.4) is 0 Å². The molecule has 0 bridgehead atoms. The Morgan fingerprint density at radius 3 is 2.73 bits per heavy atom. The molecule has 0 spiro atoms. The van der Waals surface area contributed by atoms with Gasteiger partial charge in [0.05, 0.1) is 10.5 Å². The molecule has 0 saturated heterocycles. The van der Waals surface area contributed by atoms with Gasteiger partial charge in [0, 0.05) is 33.1 Å². The minimum Gasteiger partial charge on any atom is -0.457 e. The van der Waals surface area contributed by atoms with Gasteiger partial charge in [-0.15, -0.1) is 11.3 Å². The number of furan rings is 1. The fraction of sp³-hybridized carbons (Fsp3) is 0.174. The number of nitrogens with one attached hydrogen (secondary N) is 1. The standard InChI is InChI=1S/C23H15BrN4O4S/c24-19-10-14(28(30)31)5-7-17(19)20-8-6-15(32-20)9-13(11-25)22(29)27-23-18(12-26)16-3-1-2-4-21(16)33-23/h5-10H,1-4H2,(H,27,29)/b13-9+. The summed E-state index contributed by atoms with van der Waals surface area (Å²) in [7, 11) is 0. The van der Waals surface area contributed by atoms with E-state index in [2.05, 4.69) is 27.3 Å². The zero-order valence-corrected chi connectivity index (χ0v) is 19.5. The molecule has 164 valence electrons. The molecule has 2 heterocycles. The van der Waals surface area contributed by atoms with Crippen LogP contribution in [0, 0.1) is 32.8 Å². The normalized spacial score (nSPS) is 13.0. The first-order valence-electron chi connectivity index (χ1n) is 9.93. The first-order valence-corrected chi connectivity index (χ1v) is 11.5. The molecule has 0 atom stereocenters. The second kappa shape index (κ2) is 9.41. The molecule has 1 amide bonds. The van der Waals surface area contributed by atoms with Crippen LogP contribution in [0.5, 0.6) is 0 Å². The van der Waals surface area contributed by atoms with E-state index < -0.39 is 10.8 Å². The summed E-state index contributed by atoms with van der Waals surface area (Å²) in [4.78, 5) is 24.3. The van der Waals surface area contributed by atoms with Crippen LogP contribution in [0.4, 0.5) is 10.7 Å². The van der Waals surface area contributed by atoms with E-state index in [0.717, 1.165) is 36.1 Å². The van der Waals surface area contributed by atoms with Gasteiger partial charge in [-0.05, 0) is 65.4 Å². The van der Waals surface area contributed by atoms with Crippen molar-refractivity contribution in [1.82, 2.24) is 0 Å². The zero-order chi connectivity index (χ0) is 23.5. The van der Waals surface area contributed by atoms with Crippen molar-refractivity contribution < 1.29 is 14.1 Å². The molecule has 3 aromatic rings. The Balaban J connectivity index is 1.57. The minimum atomic E-state index is -0.623. The van der Waals surface area contributed by atoms with Gasteiger partial charge in [-0.1, -0.05) is 0 Å². The summed E-state index contributed by atoms with van der Waals surface area (Å²) in [5.41, 5.74) is 1.83. The number of thiophene rings is 1. The maximum absolute atomic E-state index is 12.7. The number of carbonyl (C=O) groups is 1. The third-order valence-electron chi connectivity index (χ3n) is 5.22. The Morgan fingerprint density at radius 1 is 1.24 bits per heavy atom. The maximum atomic E-state index is 12.7. The van der Waals surface area contributed by atoms with Gasteiger partial charge in [0.2, 0.25) is 0 Å². The highest BCUT2D eigenvalue weighted by molar-refractivity contribution is 9.10. The Morgan fingerprint density at radius 2 is 2.03 bits per heavy atom. The number of amides is 1. The SMILES string of the molecule is N#C/C(=C\c1ccc(-c2ccc([N+](=O)[O-])cc2Br)o1)C(=O)Nc1sc2c(c1C#N)CCCC2. The Bertz CT molecular complexity index is 1390.